The van der Waals surface area contributed by atoms with Crippen LogP contribution in [0.1, 0.15) is 29.8 Å². The second-order valence-corrected chi connectivity index (χ2v) is 5.77. The van der Waals surface area contributed by atoms with Gasteiger partial charge in [0, 0.05) is 4.88 Å². The quantitative estimate of drug-likeness (QED) is 0.839. The van der Waals surface area contributed by atoms with Crippen LogP contribution in [0.2, 0.25) is 5.02 Å². The molecule has 0 saturated heterocycles. The van der Waals surface area contributed by atoms with Gasteiger partial charge < -0.3 is 10.1 Å². The molecular weight excluding hydrogens is 297 g/mol. The van der Waals surface area contributed by atoms with E-state index in [1.807, 2.05) is 11.4 Å². The van der Waals surface area contributed by atoms with Crippen LogP contribution in [0, 0.1) is 5.82 Å². The summed E-state index contributed by atoms with van der Waals surface area (Å²) < 4.78 is 18.6. The second-order valence-electron chi connectivity index (χ2n) is 4.41. The number of thiophene rings is 1. The van der Waals surface area contributed by atoms with E-state index in [0.717, 1.165) is 28.4 Å². The Kier molecular flexibility index (Phi) is 5.40. The van der Waals surface area contributed by atoms with Gasteiger partial charge in [0.2, 0.25) is 0 Å². The minimum Gasteiger partial charge on any atom is -0.494 e. The highest BCUT2D eigenvalue weighted by Crippen LogP contribution is 2.34. The van der Waals surface area contributed by atoms with Crippen molar-refractivity contribution < 1.29 is 9.13 Å². The van der Waals surface area contributed by atoms with Crippen molar-refractivity contribution in [1.29, 1.82) is 0 Å². The van der Waals surface area contributed by atoms with Crippen molar-refractivity contribution in [1.82, 2.24) is 5.32 Å². The summed E-state index contributed by atoms with van der Waals surface area (Å²) in [5, 5.41) is 6.13. The van der Waals surface area contributed by atoms with E-state index < -0.39 is 0 Å². The average molecular weight is 314 g/mol. The van der Waals surface area contributed by atoms with Crippen LogP contribution in [0.15, 0.2) is 29.6 Å². The number of nitrogens with one attached hydrogen (secondary N) is 1. The molecule has 1 aromatic carbocycles. The molecule has 2 rings (SSSR count). The van der Waals surface area contributed by atoms with E-state index in [0.29, 0.717) is 0 Å². The standard InChI is InChI=1S/C15H17ClFNOS/c1-3-7-18-14(15-11(16)6-8-20-15)10-4-5-12(17)13(9-10)19-2/h4-6,8-9,14,18H,3,7H2,1-2H3. The van der Waals surface area contributed by atoms with E-state index in [9.17, 15) is 4.39 Å². The van der Waals surface area contributed by atoms with Gasteiger partial charge in [-0.1, -0.05) is 24.6 Å². The highest BCUT2D eigenvalue weighted by molar-refractivity contribution is 7.10. The second kappa shape index (κ2) is 7.07. The predicted octanol–water partition coefficient (Wildman–Crippen LogP) is 4.64. The number of rotatable bonds is 6. The molecule has 108 valence electrons. The summed E-state index contributed by atoms with van der Waals surface area (Å²) >= 11 is 7.82. The summed E-state index contributed by atoms with van der Waals surface area (Å²) in [5.41, 5.74) is 0.945. The average Bonchev–Trinajstić information content (AvgIpc) is 2.87. The number of ether oxygens (including phenoxy) is 1. The zero-order chi connectivity index (χ0) is 14.5. The Morgan fingerprint density at radius 2 is 2.20 bits per heavy atom. The van der Waals surface area contributed by atoms with Crippen LogP contribution in [-0.2, 0) is 0 Å². The van der Waals surface area contributed by atoms with Crippen molar-refractivity contribution in [3.8, 4) is 5.75 Å². The molecule has 0 saturated carbocycles. The Morgan fingerprint density at radius 3 is 2.80 bits per heavy atom. The fraction of sp³-hybridized carbons (Fsp3) is 0.333. The van der Waals surface area contributed by atoms with Gasteiger partial charge in [0.25, 0.3) is 0 Å². The fourth-order valence-corrected chi connectivity index (χ4v) is 3.29. The minimum atomic E-state index is -0.359. The van der Waals surface area contributed by atoms with Crippen LogP contribution < -0.4 is 10.1 Å². The monoisotopic (exact) mass is 313 g/mol. The first-order valence-electron chi connectivity index (χ1n) is 6.47. The number of hydrogen-bond donors (Lipinski definition) is 1. The van der Waals surface area contributed by atoms with Crippen molar-refractivity contribution in [2.24, 2.45) is 0 Å². The maximum atomic E-state index is 13.5. The third kappa shape index (κ3) is 3.32. The Bertz CT molecular complexity index is 573. The number of halogens is 2. The summed E-state index contributed by atoms with van der Waals surface area (Å²) in [6.07, 6.45) is 1.01. The van der Waals surface area contributed by atoms with Crippen LogP contribution in [0.5, 0.6) is 5.75 Å². The van der Waals surface area contributed by atoms with E-state index in [1.165, 1.54) is 13.2 Å². The molecule has 0 aliphatic heterocycles. The lowest BCUT2D eigenvalue weighted by Gasteiger charge is -2.19. The van der Waals surface area contributed by atoms with Crippen molar-refractivity contribution in [2.45, 2.75) is 19.4 Å². The first-order valence-corrected chi connectivity index (χ1v) is 7.72. The molecule has 0 aliphatic rings. The van der Waals surface area contributed by atoms with Crippen molar-refractivity contribution in [2.75, 3.05) is 13.7 Å². The Morgan fingerprint density at radius 1 is 1.40 bits per heavy atom. The van der Waals surface area contributed by atoms with Crippen molar-refractivity contribution in [3.63, 3.8) is 0 Å². The third-order valence-corrected chi connectivity index (χ3v) is 4.44. The van der Waals surface area contributed by atoms with Gasteiger partial charge in [0.1, 0.15) is 0 Å². The summed E-state index contributed by atoms with van der Waals surface area (Å²) in [6.45, 7) is 2.96. The zero-order valence-electron chi connectivity index (χ0n) is 11.5. The van der Waals surface area contributed by atoms with Crippen molar-refractivity contribution in [3.05, 3.63) is 50.9 Å². The van der Waals surface area contributed by atoms with Gasteiger partial charge >= 0.3 is 0 Å². The first-order chi connectivity index (χ1) is 9.67. The van der Waals surface area contributed by atoms with Crippen molar-refractivity contribution >= 4 is 22.9 Å². The molecule has 5 heteroatoms. The Labute approximate surface area is 127 Å². The van der Waals surface area contributed by atoms with E-state index >= 15 is 0 Å². The van der Waals surface area contributed by atoms with Gasteiger partial charge in [-0.15, -0.1) is 11.3 Å². The summed E-state index contributed by atoms with van der Waals surface area (Å²) in [6, 6.07) is 6.75. The van der Waals surface area contributed by atoms with E-state index in [1.54, 1.807) is 23.5 Å². The molecule has 0 fully saturated rings. The molecule has 1 aromatic heterocycles. The molecule has 0 bridgehead atoms. The van der Waals surface area contributed by atoms with Gasteiger partial charge in [-0.3, -0.25) is 0 Å². The third-order valence-electron chi connectivity index (χ3n) is 3.01. The van der Waals surface area contributed by atoms with Gasteiger partial charge in [-0.2, -0.15) is 0 Å². The molecule has 1 unspecified atom stereocenters. The summed E-state index contributed by atoms with van der Waals surface area (Å²) in [5.74, 6) is -0.110. The normalized spacial score (nSPS) is 12.4. The SMILES string of the molecule is CCCNC(c1ccc(F)c(OC)c1)c1sccc1Cl. The number of benzene rings is 1. The molecule has 2 aromatic rings. The fourth-order valence-electron chi connectivity index (χ4n) is 2.02. The molecule has 1 heterocycles. The van der Waals surface area contributed by atoms with Crippen LogP contribution in [0.3, 0.4) is 0 Å². The summed E-state index contributed by atoms with van der Waals surface area (Å²) in [7, 11) is 1.47. The number of hydrogen-bond acceptors (Lipinski definition) is 3. The van der Waals surface area contributed by atoms with Gasteiger partial charge in [0.05, 0.1) is 18.2 Å². The summed E-state index contributed by atoms with van der Waals surface area (Å²) in [4.78, 5) is 1.04. The molecule has 0 aliphatic carbocycles. The van der Waals surface area contributed by atoms with Crippen LogP contribution in [0.25, 0.3) is 0 Å². The highest BCUT2D eigenvalue weighted by Gasteiger charge is 2.19. The molecular formula is C15H17ClFNOS. The largest absolute Gasteiger partial charge is 0.494 e. The Hall–Kier alpha value is -1.10. The molecule has 20 heavy (non-hydrogen) atoms. The molecule has 0 spiro atoms. The van der Waals surface area contributed by atoms with Gasteiger partial charge in [-0.25, -0.2) is 4.39 Å². The Balaban J connectivity index is 2.38. The lowest BCUT2D eigenvalue weighted by atomic mass is 10.0. The smallest absolute Gasteiger partial charge is 0.165 e. The lowest BCUT2D eigenvalue weighted by molar-refractivity contribution is 0.385. The van der Waals surface area contributed by atoms with Crippen LogP contribution in [0.4, 0.5) is 4.39 Å². The van der Waals surface area contributed by atoms with E-state index in [2.05, 4.69) is 12.2 Å². The zero-order valence-corrected chi connectivity index (χ0v) is 13.0. The van der Waals surface area contributed by atoms with E-state index in [4.69, 9.17) is 16.3 Å². The maximum absolute atomic E-state index is 13.5. The minimum absolute atomic E-state index is 0.0445. The maximum Gasteiger partial charge on any atom is 0.165 e. The van der Waals surface area contributed by atoms with Crippen LogP contribution in [-0.4, -0.2) is 13.7 Å². The molecule has 1 N–H and O–H groups in total. The van der Waals surface area contributed by atoms with Gasteiger partial charge in [-0.05, 0) is 42.1 Å². The van der Waals surface area contributed by atoms with Crippen LogP contribution >= 0.6 is 22.9 Å². The molecule has 1 atom stereocenters. The predicted molar refractivity (Wildman–Crippen MR) is 82.4 cm³/mol. The van der Waals surface area contributed by atoms with Gasteiger partial charge in [0.15, 0.2) is 11.6 Å². The molecule has 0 amide bonds. The highest BCUT2D eigenvalue weighted by atomic mass is 35.5. The lowest BCUT2D eigenvalue weighted by Crippen LogP contribution is -2.22. The van der Waals surface area contributed by atoms with E-state index in [-0.39, 0.29) is 17.6 Å². The first kappa shape index (κ1) is 15.3. The molecule has 2 nitrogen and oxygen atoms in total. The molecule has 0 radical (unpaired) electrons. The topological polar surface area (TPSA) is 21.3 Å². The number of methoxy groups -OCH3 is 1.